The van der Waals surface area contributed by atoms with Crippen LogP contribution in [0.5, 0.6) is 0 Å². The van der Waals surface area contributed by atoms with Gasteiger partial charge in [-0.3, -0.25) is 0 Å². The first kappa shape index (κ1) is 5.45. The molecule has 0 aliphatic rings. The van der Waals surface area contributed by atoms with E-state index in [0.29, 0.717) is 4.81 Å². The molecule has 1 N–H and O–H groups in total. The van der Waals surface area contributed by atoms with Crippen LogP contribution < -0.4 is 0 Å². The number of hydrogen-bond acceptors (Lipinski definition) is 2. The van der Waals surface area contributed by atoms with Crippen LogP contribution in [0.25, 0.3) is 0 Å². The Bertz CT molecular complexity index is 28.8. The molecule has 2 nitrogen and oxygen atoms in total. The summed E-state index contributed by atoms with van der Waals surface area (Å²) in [4.78, 5) is 0.519. The Morgan fingerprint density at radius 1 is 1.80 bits per heavy atom. The van der Waals surface area contributed by atoms with Crippen LogP contribution in [0, 0.1) is 0 Å². The van der Waals surface area contributed by atoms with Gasteiger partial charge < -0.3 is 0 Å². The topological polar surface area (TPSA) is 37.3 Å². The molecule has 31 valence electrons. The van der Waals surface area contributed by atoms with Crippen molar-refractivity contribution < 1.29 is 27.0 Å². The van der Waals surface area contributed by atoms with Crippen molar-refractivity contribution in [1.29, 1.82) is 0 Å². The summed E-state index contributed by atoms with van der Waals surface area (Å²) in [6.45, 7) is 0.0890. The molecule has 0 spiro atoms. The number of aliphatic hydroxyl groups excluding tert-OH is 1. The first-order valence-electron chi connectivity index (χ1n) is 1.27. The first-order valence-corrected chi connectivity index (χ1v) is 3.51. The summed E-state index contributed by atoms with van der Waals surface area (Å²) in [5.41, 5.74) is 0. The van der Waals surface area contributed by atoms with Crippen LogP contribution in [0.4, 0.5) is 0 Å². The summed E-state index contributed by atoms with van der Waals surface area (Å²) < 4.78 is 9.50. The van der Waals surface area contributed by atoms with Gasteiger partial charge in [0.15, 0.2) is 0 Å². The summed E-state index contributed by atoms with van der Waals surface area (Å²) in [5, 5.41) is 7.90. The van der Waals surface area contributed by atoms with E-state index in [-0.39, 0.29) is 6.61 Å². The summed E-state index contributed by atoms with van der Waals surface area (Å²) >= 11 is -1.03. The van der Waals surface area contributed by atoms with Crippen LogP contribution >= 0.6 is 0 Å². The minimum absolute atomic E-state index is 0.0890. The second-order valence-corrected chi connectivity index (χ2v) is 2.13. The molecule has 0 heterocycles. The molecule has 3 heteroatoms. The van der Waals surface area contributed by atoms with Gasteiger partial charge in [-0.2, -0.15) is 0 Å². The second-order valence-electron chi connectivity index (χ2n) is 0.546. The van der Waals surface area contributed by atoms with Crippen molar-refractivity contribution in [3.8, 4) is 0 Å². The molecule has 0 bridgehead atoms. The van der Waals surface area contributed by atoms with Gasteiger partial charge >= 0.3 is 38.4 Å². The molecule has 0 aromatic rings. The SMILES string of the molecule is [O]=[Mo][CH2]CO. The number of hydrogen-bond donors (Lipinski definition) is 1. The quantitative estimate of drug-likeness (QED) is 0.564. The van der Waals surface area contributed by atoms with E-state index in [2.05, 4.69) is 0 Å². The molecule has 0 aliphatic carbocycles. The van der Waals surface area contributed by atoms with Gasteiger partial charge in [-0.15, -0.1) is 0 Å². The molecule has 0 atom stereocenters. The van der Waals surface area contributed by atoms with Gasteiger partial charge in [0.05, 0.1) is 0 Å². The molecule has 0 rings (SSSR count). The van der Waals surface area contributed by atoms with E-state index in [4.69, 9.17) is 5.11 Å². The van der Waals surface area contributed by atoms with Crippen molar-refractivity contribution in [2.75, 3.05) is 6.61 Å². The minimum atomic E-state index is -1.03. The van der Waals surface area contributed by atoms with E-state index in [0.717, 1.165) is 0 Å². The Kier molecular flexibility index (Phi) is 4.85. The summed E-state index contributed by atoms with van der Waals surface area (Å²) in [6.07, 6.45) is 0. The van der Waals surface area contributed by atoms with Crippen LogP contribution in [-0.2, 0) is 21.9 Å². The molecule has 0 saturated carbocycles. The molecule has 5 heavy (non-hydrogen) atoms. The Morgan fingerprint density at radius 2 is 2.40 bits per heavy atom. The van der Waals surface area contributed by atoms with Crippen molar-refractivity contribution in [1.82, 2.24) is 0 Å². The van der Waals surface area contributed by atoms with E-state index in [1.165, 1.54) is 0 Å². The zero-order chi connectivity index (χ0) is 4.12. The molecule has 0 aromatic heterocycles. The summed E-state index contributed by atoms with van der Waals surface area (Å²) in [7, 11) is 0. The van der Waals surface area contributed by atoms with E-state index in [9.17, 15) is 3.40 Å². The summed E-state index contributed by atoms with van der Waals surface area (Å²) in [6, 6.07) is 0. The molecular weight excluding hydrogens is 152 g/mol. The van der Waals surface area contributed by atoms with Crippen molar-refractivity contribution in [2.24, 2.45) is 0 Å². The van der Waals surface area contributed by atoms with Crippen LogP contribution in [0.15, 0.2) is 0 Å². The van der Waals surface area contributed by atoms with Gasteiger partial charge in [0, 0.05) is 0 Å². The van der Waals surface area contributed by atoms with E-state index < -0.39 is 18.5 Å². The molecule has 0 saturated heterocycles. The van der Waals surface area contributed by atoms with Crippen molar-refractivity contribution >= 4 is 0 Å². The molecule has 0 fully saturated rings. The summed E-state index contributed by atoms with van der Waals surface area (Å²) in [5.74, 6) is 0. The van der Waals surface area contributed by atoms with Crippen LogP contribution in [0.3, 0.4) is 0 Å². The third-order valence-corrected chi connectivity index (χ3v) is 1.03. The normalized spacial score (nSPS) is 7.40. The molecule has 0 aromatic carbocycles. The van der Waals surface area contributed by atoms with Crippen molar-refractivity contribution in [2.45, 2.75) is 4.81 Å². The van der Waals surface area contributed by atoms with Crippen LogP contribution in [-0.4, -0.2) is 11.7 Å². The second kappa shape index (κ2) is 4.45. The van der Waals surface area contributed by atoms with Gasteiger partial charge in [-0.1, -0.05) is 0 Å². The van der Waals surface area contributed by atoms with E-state index >= 15 is 0 Å². The number of aliphatic hydroxyl groups is 1. The fraction of sp³-hybridized carbons (Fsp3) is 1.00. The van der Waals surface area contributed by atoms with Gasteiger partial charge in [0.1, 0.15) is 0 Å². The Morgan fingerprint density at radius 3 is 2.40 bits per heavy atom. The van der Waals surface area contributed by atoms with Gasteiger partial charge in [0.2, 0.25) is 0 Å². The predicted molar refractivity (Wildman–Crippen MR) is 12.6 cm³/mol. The molecule has 0 aliphatic heterocycles. The molecule has 0 unspecified atom stereocenters. The van der Waals surface area contributed by atoms with Gasteiger partial charge in [0.25, 0.3) is 0 Å². The average Bonchev–Trinajstić information content (AvgIpc) is 1.41. The Labute approximate surface area is 39.0 Å². The maximum absolute atomic E-state index is 9.50. The number of rotatable bonds is 2. The zero-order valence-corrected chi connectivity index (χ0v) is 4.68. The van der Waals surface area contributed by atoms with Gasteiger partial charge in [-0.25, -0.2) is 0 Å². The Balaban J connectivity index is 2.40. The first-order chi connectivity index (χ1) is 2.41. The monoisotopic (exact) mass is 159 g/mol. The molecule has 0 radical (unpaired) electrons. The Hall–Kier alpha value is 0.448. The predicted octanol–water partition coefficient (Wildman–Crippen LogP) is -0.175. The average molecular weight is 157 g/mol. The molecule has 0 amide bonds. The van der Waals surface area contributed by atoms with Crippen LogP contribution in [0.1, 0.15) is 0 Å². The van der Waals surface area contributed by atoms with Crippen molar-refractivity contribution in [3.05, 3.63) is 0 Å². The van der Waals surface area contributed by atoms with Crippen LogP contribution in [0.2, 0.25) is 4.81 Å². The zero-order valence-electron chi connectivity index (χ0n) is 2.68. The standard InChI is InChI=1S/C2H5O.Mo.O/c1-2-3;;/h3H,1-2H2;;. The third-order valence-electron chi connectivity index (χ3n) is 0.175. The van der Waals surface area contributed by atoms with Gasteiger partial charge in [-0.05, 0) is 0 Å². The third kappa shape index (κ3) is 4.45. The maximum atomic E-state index is 9.50. The fourth-order valence-electron chi connectivity index (χ4n) is 0.0373. The molecular formula is C2H5MoO2. The van der Waals surface area contributed by atoms with Crippen molar-refractivity contribution in [3.63, 3.8) is 0 Å². The van der Waals surface area contributed by atoms with E-state index in [1.54, 1.807) is 0 Å². The fourth-order valence-corrected chi connectivity index (χ4v) is 0.220. The van der Waals surface area contributed by atoms with E-state index in [1.807, 2.05) is 0 Å².